The molecule has 0 aliphatic rings. The molecular formula is C52H44F3N8NaO6RuS2. The van der Waals surface area contributed by atoms with E-state index in [0.29, 0.717) is 6.08 Å². The van der Waals surface area contributed by atoms with E-state index in [2.05, 4.69) is 128 Å². The molecule has 0 fully saturated rings. The van der Waals surface area contributed by atoms with Crippen molar-refractivity contribution in [1.82, 2.24) is 19.9 Å². The zero-order chi connectivity index (χ0) is 52.4. The van der Waals surface area contributed by atoms with Gasteiger partial charge in [0.15, 0.2) is 0 Å². The number of carboxylic acid groups (broad SMARTS) is 3. The summed E-state index contributed by atoms with van der Waals surface area (Å²) in [6, 6.07) is 31.9. The molecule has 0 saturated heterocycles. The van der Waals surface area contributed by atoms with Gasteiger partial charge in [-0.15, -0.1) is 17.0 Å². The van der Waals surface area contributed by atoms with Crippen LogP contribution in [-0.4, -0.2) is 59.9 Å². The summed E-state index contributed by atoms with van der Waals surface area (Å²) in [6.07, 6.45) is -0.281. The van der Waals surface area contributed by atoms with Crippen LogP contribution in [0.25, 0.3) is 44.6 Å². The summed E-state index contributed by atoms with van der Waals surface area (Å²) >= 11 is 5.27. The van der Waals surface area contributed by atoms with Gasteiger partial charge in [-0.25, -0.2) is 19.8 Å². The minimum absolute atomic E-state index is 0. The first kappa shape index (κ1) is 60.6. The van der Waals surface area contributed by atoms with Gasteiger partial charge in [0.05, 0.1) is 39.9 Å². The van der Waals surface area contributed by atoms with Crippen molar-refractivity contribution < 1.29 is 91.9 Å². The number of carboxylic acids is 3. The molecule has 0 spiro atoms. The van der Waals surface area contributed by atoms with Gasteiger partial charge in [0.1, 0.15) is 10.7 Å². The Morgan fingerprint density at radius 3 is 1.59 bits per heavy atom. The van der Waals surface area contributed by atoms with Crippen molar-refractivity contribution >= 4 is 69.7 Å². The number of nitrogens with one attached hydrogen (secondary N) is 2. The number of nitrogens with zero attached hydrogens (tertiary/aromatic N) is 6. The number of thiocyanates is 1. The number of anilines is 3. The van der Waals surface area contributed by atoms with E-state index in [-0.39, 0.29) is 105 Å². The van der Waals surface area contributed by atoms with E-state index in [9.17, 15) is 37.8 Å². The molecule has 7 aromatic rings. The molecule has 4 N–H and O–H groups in total. The van der Waals surface area contributed by atoms with Crippen molar-refractivity contribution in [3.63, 3.8) is 0 Å². The van der Waals surface area contributed by atoms with Crippen LogP contribution in [0.1, 0.15) is 89.4 Å². The number of benzene rings is 2. The molecule has 0 atom stereocenters. The van der Waals surface area contributed by atoms with Crippen molar-refractivity contribution in [3.05, 3.63) is 173 Å². The van der Waals surface area contributed by atoms with Crippen molar-refractivity contribution in [2.75, 3.05) is 4.90 Å². The summed E-state index contributed by atoms with van der Waals surface area (Å²) in [5.41, 5.74) is 11.5. The Balaban J connectivity index is 0.000000381. The van der Waals surface area contributed by atoms with Gasteiger partial charge >= 0.3 is 67.2 Å². The van der Waals surface area contributed by atoms with Crippen LogP contribution >= 0.6 is 11.3 Å². The number of alkyl halides is 3. The van der Waals surface area contributed by atoms with Crippen molar-refractivity contribution in [2.45, 2.75) is 58.5 Å². The Bertz CT molecular complexity index is 3020. The number of aromatic carboxylic acids is 3. The van der Waals surface area contributed by atoms with Gasteiger partial charge in [0, 0.05) is 51.7 Å². The summed E-state index contributed by atoms with van der Waals surface area (Å²) in [5.74, 6) is -3.83. The van der Waals surface area contributed by atoms with E-state index in [0.717, 1.165) is 26.8 Å². The van der Waals surface area contributed by atoms with Gasteiger partial charge in [-0.05, 0) is 113 Å². The van der Waals surface area contributed by atoms with Gasteiger partial charge < -0.3 is 43.4 Å². The first-order chi connectivity index (χ1) is 33.3. The zero-order valence-electron chi connectivity index (χ0n) is 40.2. The molecule has 0 aliphatic carbocycles. The molecule has 0 unspecified atom stereocenters. The maximum Gasteiger partial charge on any atom is 2.00 e. The Morgan fingerprint density at radius 1 is 0.726 bits per heavy atom. The minimum Gasteiger partial charge on any atom is -0.697 e. The summed E-state index contributed by atoms with van der Waals surface area (Å²) in [6.45, 7) is 13.1. The second-order valence-corrected chi connectivity index (χ2v) is 18.7. The van der Waals surface area contributed by atoms with Gasteiger partial charge in [-0.3, -0.25) is 20.4 Å². The summed E-state index contributed by atoms with van der Waals surface area (Å²) in [7, 11) is 0. The fraction of sp³-hybridized carbons (Fsp3) is 0.173. The first-order valence-electron chi connectivity index (χ1n) is 21.1. The molecule has 0 saturated carbocycles. The predicted molar refractivity (Wildman–Crippen MR) is 268 cm³/mol. The Hall–Kier alpha value is -6.72. The molecular weight excluding hydrogens is 1080 g/mol. The summed E-state index contributed by atoms with van der Waals surface area (Å²) in [5, 5.41) is 46.1. The Kier molecular flexibility index (Phi) is 21.4. The maximum absolute atomic E-state index is 12.7. The standard InChI is InChI=1S/C33H34F3N4S.C18H11N3O6.CHNS.Na.Ru/c1-31(2,3)22-8-12-24(13-9-22)40(25-14-10-23(11-15-25)32(4,5)6)30-18-17-28(41-30)21-7-16-27(39-20-21)26(37)19-29(38)33(34,35)36;22-16(23)9-1-3-19-12(5-9)14-7-11(18(26)27)8-15(21-14)13-6-10(17(24)25)2-4-20-13;2-1-3;;/h7-20,37-38H,1-6H3;1-8H,(H,22,23)(H,24,25)(H,26,27);3H;;/q-1;;;+1;+2/p-2/b26-19-,38-29?;;;;. The number of pyridine rings is 4. The number of hydrogen-bond donors (Lipinski definition) is 3. The van der Waals surface area contributed by atoms with Crippen LogP contribution in [0, 0.1) is 16.1 Å². The molecule has 0 bridgehead atoms. The monoisotopic (exact) mass is 1120 g/mol. The largest absolute Gasteiger partial charge is 2.00 e. The van der Waals surface area contributed by atoms with Gasteiger partial charge in [0.2, 0.25) is 0 Å². The fourth-order valence-corrected chi connectivity index (χ4v) is 7.58. The van der Waals surface area contributed by atoms with Gasteiger partial charge in [-0.1, -0.05) is 71.2 Å². The Morgan fingerprint density at radius 2 is 1.18 bits per heavy atom. The van der Waals surface area contributed by atoms with E-state index in [4.69, 9.17) is 21.5 Å². The molecule has 0 amide bonds. The SMILES string of the molecule is CC(C)(C)c1ccc(N(c2ccc(C(C)(C)C)cc2)c2ccc(-c3ccc(/C([NH-])=C/C(=N)C(F)(F)F)nc3)s2)cc1.N#C[S-].O=C([O-])c1ccnc(-c2cc(C(=O)O)cc(-c3cc(C(=O)O)ccn3)n2)c1.[Na+].[Ru+2]. The van der Waals surface area contributed by atoms with Crippen LogP contribution in [0.3, 0.4) is 0 Å². The van der Waals surface area contributed by atoms with Crippen molar-refractivity contribution in [1.29, 1.82) is 10.7 Å². The third kappa shape index (κ3) is 16.4. The van der Waals surface area contributed by atoms with E-state index in [1.54, 1.807) is 23.6 Å². The number of nitriles is 1. The summed E-state index contributed by atoms with van der Waals surface area (Å²) in [4.78, 5) is 53.3. The topological polar surface area (TPSA) is 241 Å². The average Bonchev–Trinajstić information content (AvgIpc) is 3.81. The quantitative estimate of drug-likeness (QED) is 0.0475. The molecule has 73 heavy (non-hydrogen) atoms. The van der Waals surface area contributed by atoms with Crippen LogP contribution in [0.4, 0.5) is 29.5 Å². The molecule has 14 nitrogen and oxygen atoms in total. The Labute approximate surface area is 463 Å². The minimum atomic E-state index is -4.80. The number of halogens is 3. The van der Waals surface area contributed by atoms with Crippen molar-refractivity contribution in [2.24, 2.45) is 0 Å². The number of hydrogen-bond acceptors (Lipinski definition) is 13. The van der Waals surface area contributed by atoms with Crippen LogP contribution in [-0.2, 0) is 42.9 Å². The van der Waals surface area contributed by atoms with E-state index < -0.39 is 35.5 Å². The first-order valence-corrected chi connectivity index (χ1v) is 22.3. The second kappa shape index (κ2) is 25.8. The third-order valence-corrected chi connectivity index (χ3v) is 11.4. The molecule has 21 heteroatoms. The number of carbonyl (C=O) groups is 3. The summed E-state index contributed by atoms with van der Waals surface area (Å²) < 4.78 is 38.1. The van der Waals surface area contributed by atoms with Crippen LogP contribution in [0.2, 0.25) is 0 Å². The number of carbonyl (C=O) groups excluding carboxylic acids is 1. The molecule has 5 aromatic heterocycles. The number of allylic oxidation sites excluding steroid dienone is 1. The van der Waals surface area contributed by atoms with Gasteiger partial charge in [-0.2, -0.15) is 13.2 Å². The molecule has 2 aromatic carbocycles. The molecule has 0 radical (unpaired) electrons. The third-order valence-electron chi connectivity index (χ3n) is 10.3. The van der Waals surface area contributed by atoms with Crippen molar-refractivity contribution in [3.8, 4) is 38.6 Å². The predicted octanol–water partition coefficient (Wildman–Crippen LogP) is 8.83. The number of thiophene rings is 1. The second-order valence-electron chi connectivity index (χ2n) is 17.4. The van der Waals surface area contributed by atoms with Crippen LogP contribution in [0.15, 0.2) is 134 Å². The molecule has 370 valence electrons. The maximum atomic E-state index is 12.7. The zero-order valence-corrected chi connectivity index (χ0v) is 45.6. The molecule has 7 rings (SSSR count). The van der Waals surface area contributed by atoms with Crippen LogP contribution in [0.5, 0.6) is 0 Å². The smallest absolute Gasteiger partial charge is 0.697 e. The van der Waals surface area contributed by atoms with Gasteiger partial charge in [0.25, 0.3) is 0 Å². The fourth-order valence-electron chi connectivity index (χ4n) is 6.54. The molecule has 0 aliphatic heterocycles. The van der Waals surface area contributed by atoms with E-state index in [1.807, 2.05) is 12.1 Å². The average molecular weight is 1120 g/mol. The van der Waals surface area contributed by atoms with Crippen LogP contribution < -0.4 is 39.6 Å². The number of rotatable bonds is 11. The molecule has 5 heterocycles. The number of aromatic nitrogens is 4. The van der Waals surface area contributed by atoms with E-state index in [1.165, 1.54) is 71.4 Å². The van der Waals surface area contributed by atoms with E-state index >= 15 is 0 Å². The normalized spacial score (nSPS) is 11.2.